The molecular weight excluding hydrogens is 370 g/mol. The van der Waals surface area contributed by atoms with Crippen molar-refractivity contribution >= 4 is 50.7 Å². The summed E-state index contributed by atoms with van der Waals surface area (Å²) in [6.45, 7) is 0. The molecule has 0 radical (unpaired) electrons. The van der Waals surface area contributed by atoms with E-state index in [-0.39, 0.29) is 5.84 Å². The standard InChI is InChI=1S/C15H11BrClN3O2/c1-22-15(21)14(18-12-6-2-10(16)3-7-12)20-19-13-8-4-11(17)5-9-13/h2-9H,1H3. The maximum Gasteiger partial charge on any atom is 0.378 e. The first kappa shape index (κ1) is 16.3. The summed E-state index contributed by atoms with van der Waals surface area (Å²) in [7, 11) is 1.26. The summed E-state index contributed by atoms with van der Waals surface area (Å²) in [6.07, 6.45) is 0. The molecule has 0 saturated carbocycles. The van der Waals surface area contributed by atoms with Crippen molar-refractivity contribution in [3.05, 3.63) is 58.0 Å². The summed E-state index contributed by atoms with van der Waals surface area (Å²) in [5, 5.41) is 8.41. The molecule has 2 rings (SSSR count). The van der Waals surface area contributed by atoms with Crippen molar-refractivity contribution < 1.29 is 9.53 Å². The van der Waals surface area contributed by atoms with Gasteiger partial charge in [0.15, 0.2) is 0 Å². The molecule has 0 saturated heterocycles. The Kier molecular flexibility index (Phi) is 5.80. The van der Waals surface area contributed by atoms with Gasteiger partial charge >= 0.3 is 5.97 Å². The van der Waals surface area contributed by atoms with E-state index >= 15 is 0 Å². The van der Waals surface area contributed by atoms with Gasteiger partial charge in [-0.25, -0.2) is 9.79 Å². The number of halogens is 2. The Labute approximate surface area is 140 Å². The molecule has 0 aliphatic heterocycles. The highest BCUT2D eigenvalue weighted by Crippen LogP contribution is 2.19. The van der Waals surface area contributed by atoms with Gasteiger partial charge in [-0.3, -0.25) is 0 Å². The van der Waals surface area contributed by atoms with Crippen molar-refractivity contribution in [2.75, 3.05) is 7.11 Å². The number of amidine groups is 1. The van der Waals surface area contributed by atoms with E-state index in [1.165, 1.54) is 7.11 Å². The molecule has 0 unspecified atom stereocenters. The number of nitrogens with zero attached hydrogens (tertiary/aromatic N) is 3. The summed E-state index contributed by atoms with van der Waals surface area (Å²) in [5.41, 5.74) is 1.12. The number of carbonyl (C=O) groups is 1. The van der Waals surface area contributed by atoms with Crippen molar-refractivity contribution in [3.8, 4) is 0 Å². The van der Waals surface area contributed by atoms with Gasteiger partial charge in [0, 0.05) is 9.50 Å². The van der Waals surface area contributed by atoms with Crippen molar-refractivity contribution in [2.24, 2.45) is 15.2 Å². The van der Waals surface area contributed by atoms with Crippen LogP contribution in [-0.2, 0) is 9.53 Å². The Morgan fingerprint density at radius 2 is 1.64 bits per heavy atom. The molecular formula is C15H11BrClN3O2. The lowest BCUT2D eigenvalue weighted by molar-refractivity contribution is -0.132. The normalized spacial score (nSPS) is 11.7. The molecule has 0 aromatic heterocycles. The topological polar surface area (TPSA) is 63.4 Å². The third kappa shape index (κ3) is 4.75. The molecule has 0 amide bonds. The number of hydrogen-bond donors (Lipinski definition) is 0. The number of methoxy groups -OCH3 is 1. The van der Waals surface area contributed by atoms with Crippen LogP contribution >= 0.6 is 27.5 Å². The van der Waals surface area contributed by atoms with Crippen LogP contribution in [-0.4, -0.2) is 18.9 Å². The van der Waals surface area contributed by atoms with Gasteiger partial charge in [-0.15, -0.1) is 10.2 Å². The van der Waals surface area contributed by atoms with E-state index < -0.39 is 5.97 Å². The molecule has 2 aromatic rings. The first-order valence-electron chi connectivity index (χ1n) is 6.18. The molecule has 112 valence electrons. The molecule has 5 nitrogen and oxygen atoms in total. The molecule has 0 bridgehead atoms. The van der Waals surface area contributed by atoms with E-state index in [9.17, 15) is 4.79 Å². The van der Waals surface area contributed by atoms with E-state index in [0.717, 1.165) is 4.47 Å². The van der Waals surface area contributed by atoms with Crippen molar-refractivity contribution in [3.63, 3.8) is 0 Å². The number of azo groups is 1. The van der Waals surface area contributed by atoms with Gasteiger partial charge in [0.05, 0.1) is 18.5 Å². The third-order valence-corrected chi connectivity index (χ3v) is 3.30. The van der Waals surface area contributed by atoms with E-state index in [0.29, 0.717) is 16.4 Å². The third-order valence-electron chi connectivity index (χ3n) is 2.52. The minimum atomic E-state index is -0.666. The number of esters is 1. The fourth-order valence-electron chi connectivity index (χ4n) is 1.45. The lowest BCUT2D eigenvalue weighted by Crippen LogP contribution is -2.12. The minimum Gasteiger partial charge on any atom is -0.463 e. The highest BCUT2D eigenvalue weighted by atomic mass is 79.9. The highest BCUT2D eigenvalue weighted by molar-refractivity contribution is 9.10. The number of hydrogen-bond acceptors (Lipinski definition) is 4. The monoisotopic (exact) mass is 379 g/mol. The molecule has 0 heterocycles. The largest absolute Gasteiger partial charge is 0.463 e. The molecule has 0 N–H and O–H groups in total. The smallest absolute Gasteiger partial charge is 0.378 e. The van der Waals surface area contributed by atoms with Gasteiger partial charge in [0.2, 0.25) is 0 Å². The first-order valence-corrected chi connectivity index (χ1v) is 7.35. The van der Waals surface area contributed by atoms with Crippen LogP contribution in [0.15, 0.2) is 68.2 Å². The average Bonchev–Trinajstić information content (AvgIpc) is 2.54. The van der Waals surface area contributed by atoms with Crippen LogP contribution in [0.3, 0.4) is 0 Å². The zero-order valence-electron chi connectivity index (χ0n) is 11.5. The van der Waals surface area contributed by atoms with E-state index in [1.807, 2.05) is 12.1 Å². The number of benzene rings is 2. The molecule has 2 aromatic carbocycles. The second kappa shape index (κ2) is 7.82. The molecule has 0 atom stereocenters. The fourth-order valence-corrected chi connectivity index (χ4v) is 1.84. The molecule has 22 heavy (non-hydrogen) atoms. The lowest BCUT2D eigenvalue weighted by atomic mass is 10.3. The maximum atomic E-state index is 11.7. The first-order chi connectivity index (χ1) is 10.6. The van der Waals surface area contributed by atoms with Gasteiger partial charge in [-0.1, -0.05) is 27.5 Å². The predicted octanol–water partition coefficient (Wildman–Crippen LogP) is 5.09. The highest BCUT2D eigenvalue weighted by Gasteiger charge is 2.11. The number of rotatable bonds is 2. The van der Waals surface area contributed by atoms with Crippen LogP contribution in [0.25, 0.3) is 0 Å². The van der Waals surface area contributed by atoms with Gasteiger partial charge in [0.25, 0.3) is 5.84 Å². The predicted molar refractivity (Wildman–Crippen MR) is 89.2 cm³/mol. The molecule has 7 heteroatoms. The lowest BCUT2D eigenvalue weighted by Gasteiger charge is -1.99. The Balaban J connectivity index is 2.28. The molecule has 0 fully saturated rings. The van der Waals surface area contributed by atoms with Gasteiger partial charge in [-0.2, -0.15) is 0 Å². The van der Waals surface area contributed by atoms with Crippen LogP contribution < -0.4 is 0 Å². The zero-order chi connectivity index (χ0) is 15.9. The minimum absolute atomic E-state index is 0.139. The molecule has 0 aliphatic rings. The SMILES string of the molecule is COC(=O)C(N=Nc1ccc(Cl)cc1)=Nc1ccc(Br)cc1. The Bertz CT molecular complexity index is 713. The fraction of sp³-hybridized carbons (Fsp3) is 0.0667. The quantitative estimate of drug-likeness (QED) is 0.315. The molecule has 0 aliphatic carbocycles. The Morgan fingerprint density at radius 1 is 1.05 bits per heavy atom. The van der Waals surface area contributed by atoms with Crippen LogP contribution in [0.4, 0.5) is 11.4 Å². The Hall–Kier alpha value is -2.05. The van der Waals surface area contributed by atoms with Crippen LogP contribution in [0.2, 0.25) is 5.02 Å². The number of aliphatic imine (C=N–C) groups is 1. The van der Waals surface area contributed by atoms with Crippen molar-refractivity contribution in [1.29, 1.82) is 0 Å². The van der Waals surface area contributed by atoms with E-state index in [1.54, 1.807) is 36.4 Å². The summed E-state index contributed by atoms with van der Waals surface area (Å²) < 4.78 is 5.57. The van der Waals surface area contributed by atoms with Gasteiger partial charge in [0.1, 0.15) is 0 Å². The number of carbonyl (C=O) groups excluding carboxylic acids is 1. The van der Waals surface area contributed by atoms with Crippen LogP contribution in [0.5, 0.6) is 0 Å². The van der Waals surface area contributed by atoms with Crippen molar-refractivity contribution in [2.45, 2.75) is 0 Å². The van der Waals surface area contributed by atoms with E-state index in [2.05, 4.69) is 35.9 Å². The summed E-state index contributed by atoms with van der Waals surface area (Å²) >= 11 is 9.12. The van der Waals surface area contributed by atoms with Gasteiger partial charge in [-0.05, 0) is 48.5 Å². The summed E-state index contributed by atoms with van der Waals surface area (Å²) in [5.74, 6) is -0.805. The van der Waals surface area contributed by atoms with Gasteiger partial charge < -0.3 is 4.74 Å². The van der Waals surface area contributed by atoms with E-state index in [4.69, 9.17) is 11.6 Å². The van der Waals surface area contributed by atoms with Crippen LogP contribution in [0, 0.1) is 0 Å². The van der Waals surface area contributed by atoms with Crippen molar-refractivity contribution in [1.82, 2.24) is 0 Å². The second-order valence-electron chi connectivity index (χ2n) is 4.08. The number of ether oxygens (including phenoxy) is 1. The summed E-state index contributed by atoms with van der Waals surface area (Å²) in [4.78, 5) is 15.9. The zero-order valence-corrected chi connectivity index (χ0v) is 13.9. The molecule has 0 spiro atoms. The maximum absolute atomic E-state index is 11.7. The summed E-state index contributed by atoms with van der Waals surface area (Å²) in [6, 6.07) is 13.8. The Morgan fingerprint density at radius 3 is 2.23 bits per heavy atom. The second-order valence-corrected chi connectivity index (χ2v) is 5.43. The van der Waals surface area contributed by atoms with Crippen LogP contribution in [0.1, 0.15) is 0 Å². The average molecular weight is 381 g/mol.